The second-order valence-electron chi connectivity index (χ2n) is 5.26. The number of thiazole rings is 1. The molecule has 2 aromatic carbocycles. The number of hydrogen-bond acceptors (Lipinski definition) is 4. The lowest BCUT2D eigenvalue weighted by atomic mass is 10.1. The van der Waals surface area contributed by atoms with Crippen LogP contribution < -0.4 is 10.1 Å². The number of aromatic nitrogens is 1. The van der Waals surface area contributed by atoms with Crippen molar-refractivity contribution in [2.45, 2.75) is 6.42 Å². The second kappa shape index (κ2) is 8.26. The van der Waals surface area contributed by atoms with Crippen molar-refractivity contribution < 1.29 is 9.53 Å². The molecular weight excluding hydrogens is 320 g/mol. The van der Waals surface area contributed by atoms with Crippen molar-refractivity contribution in [2.75, 3.05) is 13.2 Å². The van der Waals surface area contributed by atoms with Gasteiger partial charge in [0.1, 0.15) is 5.75 Å². The quantitative estimate of drug-likeness (QED) is 0.717. The number of amides is 1. The van der Waals surface area contributed by atoms with E-state index in [9.17, 15) is 4.79 Å². The second-order valence-corrected chi connectivity index (χ2v) is 5.98. The van der Waals surface area contributed by atoms with Crippen LogP contribution in [0.15, 0.2) is 65.5 Å². The van der Waals surface area contributed by atoms with E-state index in [2.05, 4.69) is 22.4 Å². The highest BCUT2D eigenvalue weighted by molar-refractivity contribution is 7.07. The van der Waals surface area contributed by atoms with Gasteiger partial charge >= 0.3 is 0 Å². The summed E-state index contributed by atoms with van der Waals surface area (Å²) in [6, 6.07) is 17.9. The molecule has 0 aliphatic rings. The van der Waals surface area contributed by atoms with Crippen molar-refractivity contribution in [3.63, 3.8) is 0 Å². The van der Waals surface area contributed by atoms with Crippen LogP contribution in [-0.2, 0) is 11.2 Å². The molecule has 1 heterocycles. The third-order valence-corrected chi connectivity index (χ3v) is 4.15. The summed E-state index contributed by atoms with van der Waals surface area (Å²) in [5.41, 5.74) is 5.07. The molecule has 0 atom stereocenters. The Hall–Kier alpha value is -2.66. The first kappa shape index (κ1) is 16.2. The van der Waals surface area contributed by atoms with Crippen molar-refractivity contribution in [1.82, 2.24) is 10.3 Å². The van der Waals surface area contributed by atoms with Crippen molar-refractivity contribution in [3.8, 4) is 16.9 Å². The highest BCUT2D eigenvalue weighted by Gasteiger charge is 2.04. The summed E-state index contributed by atoms with van der Waals surface area (Å²) in [4.78, 5) is 16.0. The average Bonchev–Trinajstić information content (AvgIpc) is 3.15. The maximum Gasteiger partial charge on any atom is 0.257 e. The topological polar surface area (TPSA) is 51.2 Å². The summed E-state index contributed by atoms with van der Waals surface area (Å²) in [5.74, 6) is 0.557. The fourth-order valence-corrected chi connectivity index (χ4v) is 2.86. The SMILES string of the molecule is O=C(COc1ccc(-c2ccccc2)cc1)NCCc1cscn1. The van der Waals surface area contributed by atoms with Crippen LogP contribution >= 0.6 is 11.3 Å². The van der Waals surface area contributed by atoms with Gasteiger partial charge in [0, 0.05) is 18.3 Å². The number of hydrogen-bond donors (Lipinski definition) is 1. The highest BCUT2D eigenvalue weighted by atomic mass is 32.1. The van der Waals surface area contributed by atoms with Gasteiger partial charge in [-0.15, -0.1) is 11.3 Å². The summed E-state index contributed by atoms with van der Waals surface area (Å²) in [7, 11) is 0. The first-order valence-electron chi connectivity index (χ1n) is 7.73. The first-order chi connectivity index (χ1) is 11.8. The number of ether oxygens (including phenoxy) is 1. The van der Waals surface area contributed by atoms with Gasteiger partial charge in [-0.3, -0.25) is 4.79 Å². The van der Waals surface area contributed by atoms with Crippen molar-refractivity contribution in [2.24, 2.45) is 0 Å². The van der Waals surface area contributed by atoms with Crippen molar-refractivity contribution >= 4 is 17.2 Å². The number of rotatable bonds is 7. The Morgan fingerprint density at radius 3 is 2.50 bits per heavy atom. The minimum absolute atomic E-state index is 0.0156. The van der Waals surface area contributed by atoms with Crippen LogP contribution in [0.4, 0.5) is 0 Å². The number of carbonyl (C=O) groups excluding carboxylic acids is 1. The van der Waals surface area contributed by atoms with Gasteiger partial charge < -0.3 is 10.1 Å². The molecule has 0 aliphatic carbocycles. The number of nitrogens with one attached hydrogen (secondary N) is 1. The number of carbonyl (C=O) groups is 1. The Kier molecular flexibility index (Phi) is 5.58. The summed E-state index contributed by atoms with van der Waals surface area (Å²) in [6.45, 7) is 0.584. The monoisotopic (exact) mass is 338 g/mol. The van der Waals surface area contributed by atoms with Gasteiger partial charge in [-0.2, -0.15) is 0 Å². The lowest BCUT2D eigenvalue weighted by Crippen LogP contribution is -2.30. The van der Waals surface area contributed by atoms with E-state index in [-0.39, 0.29) is 12.5 Å². The van der Waals surface area contributed by atoms with Gasteiger partial charge in [0.05, 0.1) is 11.2 Å². The van der Waals surface area contributed by atoms with E-state index in [1.165, 1.54) is 0 Å². The zero-order chi connectivity index (χ0) is 16.6. The largest absolute Gasteiger partial charge is 0.484 e. The van der Waals surface area contributed by atoms with E-state index in [0.717, 1.165) is 23.2 Å². The van der Waals surface area contributed by atoms with Gasteiger partial charge in [0.2, 0.25) is 0 Å². The molecule has 24 heavy (non-hydrogen) atoms. The van der Waals surface area contributed by atoms with Gasteiger partial charge in [-0.05, 0) is 23.3 Å². The standard InChI is InChI=1S/C19H18N2O2S/c22-19(20-11-10-17-13-24-14-21-17)12-23-18-8-6-16(7-9-18)15-4-2-1-3-5-15/h1-9,13-14H,10-12H2,(H,20,22). The fourth-order valence-electron chi connectivity index (χ4n) is 2.27. The van der Waals surface area contributed by atoms with Crippen molar-refractivity contribution in [3.05, 3.63) is 71.2 Å². The Labute approximate surface area is 145 Å². The molecule has 0 fully saturated rings. The van der Waals surface area contributed by atoms with Crippen LogP contribution in [0.1, 0.15) is 5.69 Å². The third kappa shape index (κ3) is 4.67. The normalized spacial score (nSPS) is 10.3. The molecule has 0 aliphatic heterocycles. The first-order valence-corrected chi connectivity index (χ1v) is 8.67. The molecule has 0 saturated carbocycles. The van der Waals surface area contributed by atoms with Gasteiger partial charge in [-0.25, -0.2) is 4.98 Å². The summed E-state index contributed by atoms with van der Waals surface area (Å²) in [6.07, 6.45) is 0.737. The van der Waals surface area contributed by atoms with Gasteiger partial charge in [0.15, 0.2) is 6.61 Å². The molecule has 3 rings (SSSR count). The van der Waals surface area contributed by atoms with E-state index in [1.807, 2.05) is 47.8 Å². The molecule has 0 saturated heterocycles. The van der Waals surface area contributed by atoms with Crippen LogP contribution in [0.25, 0.3) is 11.1 Å². The minimum Gasteiger partial charge on any atom is -0.484 e. The van der Waals surface area contributed by atoms with Crippen LogP contribution in [0.3, 0.4) is 0 Å². The van der Waals surface area contributed by atoms with E-state index in [0.29, 0.717) is 12.3 Å². The van der Waals surface area contributed by atoms with Gasteiger partial charge in [0.25, 0.3) is 5.91 Å². The Bertz CT molecular complexity index is 756. The van der Waals surface area contributed by atoms with E-state index in [1.54, 1.807) is 16.8 Å². The molecule has 0 spiro atoms. The van der Waals surface area contributed by atoms with E-state index < -0.39 is 0 Å². The number of benzene rings is 2. The van der Waals surface area contributed by atoms with Crippen molar-refractivity contribution in [1.29, 1.82) is 0 Å². The van der Waals surface area contributed by atoms with Crippen LogP contribution in [-0.4, -0.2) is 24.0 Å². The van der Waals surface area contributed by atoms with Crippen LogP contribution in [0, 0.1) is 0 Å². The molecule has 1 aromatic heterocycles. The predicted octanol–water partition coefficient (Wildman–Crippen LogP) is 3.55. The zero-order valence-corrected chi connectivity index (χ0v) is 14.0. The Balaban J connectivity index is 1.43. The molecule has 0 unspecified atom stereocenters. The summed E-state index contributed by atoms with van der Waals surface area (Å²) < 4.78 is 5.52. The van der Waals surface area contributed by atoms with Gasteiger partial charge in [-0.1, -0.05) is 42.5 Å². The average molecular weight is 338 g/mol. The van der Waals surface area contributed by atoms with E-state index >= 15 is 0 Å². The lowest BCUT2D eigenvalue weighted by Gasteiger charge is -2.08. The maximum absolute atomic E-state index is 11.8. The summed E-state index contributed by atoms with van der Waals surface area (Å²) in [5, 5.41) is 4.81. The summed E-state index contributed by atoms with van der Waals surface area (Å²) >= 11 is 1.56. The Morgan fingerprint density at radius 2 is 1.79 bits per heavy atom. The predicted molar refractivity (Wildman–Crippen MR) is 96.2 cm³/mol. The maximum atomic E-state index is 11.8. The lowest BCUT2D eigenvalue weighted by molar-refractivity contribution is -0.123. The van der Waals surface area contributed by atoms with Crippen LogP contribution in [0.2, 0.25) is 0 Å². The molecule has 1 N–H and O–H groups in total. The smallest absolute Gasteiger partial charge is 0.257 e. The molecule has 0 bridgehead atoms. The van der Waals surface area contributed by atoms with E-state index in [4.69, 9.17) is 4.74 Å². The molecule has 3 aromatic rings. The fraction of sp³-hybridized carbons (Fsp3) is 0.158. The highest BCUT2D eigenvalue weighted by Crippen LogP contribution is 2.21. The zero-order valence-electron chi connectivity index (χ0n) is 13.1. The molecule has 4 nitrogen and oxygen atoms in total. The molecule has 5 heteroatoms. The molecule has 122 valence electrons. The molecule has 1 amide bonds. The molecule has 0 radical (unpaired) electrons. The Morgan fingerprint density at radius 1 is 1.04 bits per heavy atom. The number of nitrogens with zero attached hydrogens (tertiary/aromatic N) is 1. The minimum atomic E-state index is -0.127. The van der Waals surface area contributed by atoms with Crippen LogP contribution in [0.5, 0.6) is 5.75 Å². The molecular formula is C19H18N2O2S. The third-order valence-electron chi connectivity index (χ3n) is 3.52.